The number of aliphatic hydroxyl groups is 1. The standard InChI is InChI=1S/C16H18N2O5S/c19-12-3-1-10(2-4-12)14-6-5-13(16(21)18-14)15(20)17-11-7-8-24(22,23)9-11/h1,5-8,11-12,19H,2-4,9H2,(H,17,20)(H,18,21)/t11-,12?/m1/s1. The number of nitrogens with one attached hydrogen (secondary N) is 2. The highest BCUT2D eigenvalue weighted by Crippen LogP contribution is 2.25. The topological polar surface area (TPSA) is 116 Å². The fraction of sp³-hybridized carbons (Fsp3) is 0.375. The van der Waals surface area contributed by atoms with E-state index in [1.165, 1.54) is 12.1 Å². The summed E-state index contributed by atoms with van der Waals surface area (Å²) >= 11 is 0. The van der Waals surface area contributed by atoms with Gasteiger partial charge in [-0.2, -0.15) is 0 Å². The first-order valence-electron chi connectivity index (χ1n) is 7.67. The van der Waals surface area contributed by atoms with Crippen LogP contribution in [0.5, 0.6) is 0 Å². The maximum Gasteiger partial charge on any atom is 0.261 e. The Hall–Kier alpha value is -2.19. The van der Waals surface area contributed by atoms with Gasteiger partial charge in [0, 0.05) is 11.1 Å². The second-order valence-electron chi connectivity index (χ2n) is 6.01. The van der Waals surface area contributed by atoms with Crippen molar-refractivity contribution in [1.29, 1.82) is 0 Å². The third-order valence-electron chi connectivity index (χ3n) is 4.13. The van der Waals surface area contributed by atoms with Crippen LogP contribution in [-0.2, 0) is 9.84 Å². The van der Waals surface area contributed by atoms with Crippen LogP contribution in [0.4, 0.5) is 0 Å². The number of hydrogen-bond donors (Lipinski definition) is 3. The summed E-state index contributed by atoms with van der Waals surface area (Å²) in [5.74, 6) is -0.799. The Morgan fingerprint density at radius 1 is 1.33 bits per heavy atom. The van der Waals surface area contributed by atoms with Gasteiger partial charge in [-0.1, -0.05) is 6.08 Å². The predicted octanol–water partition coefficient (Wildman–Crippen LogP) is 0.344. The van der Waals surface area contributed by atoms with Gasteiger partial charge in [0.1, 0.15) is 5.56 Å². The van der Waals surface area contributed by atoms with E-state index in [4.69, 9.17) is 0 Å². The lowest BCUT2D eigenvalue weighted by Gasteiger charge is -2.17. The summed E-state index contributed by atoms with van der Waals surface area (Å²) in [6.07, 6.45) is 4.77. The number of aromatic amines is 1. The van der Waals surface area contributed by atoms with Gasteiger partial charge in [-0.15, -0.1) is 0 Å². The molecular formula is C16H18N2O5S. The Morgan fingerprint density at radius 3 is 2.71 bits per heavy atom. The van der Waals surface area contributed by atoms with E-state index in [9.17, 15) is 23.1 Å². The third-order valence-corrected chi connectivity index (χ3v) is 5.53. The number of pyridine rings is 1. The number of carbonyl (C=O) groups excluding carboxylic acids is 1. The monoisotopic (exact) mass is 350 g/mol. The molecule has 24 heavy (non-hydrogen) atoms. The van der Waals surface area contributed by atoms with Crippen LogP contribution < -0.4 is 10.9 Å². The van der Waals surface area contributed by atoms with Crippen LogP contribution in [0.15, 0.2) is 34.5 Å². The zero-order valence-corrected chi connectivity index (χ0v) is 13.7. The lowest BCUT2D eigenvalue weighted by molar-refractivity contribution is 0.0946. The third kappa shape index (κ3) is 3.65. The summed E-state index contributed by atoms with van der Waals surface area (Å²) in [7, 11) is -3.27. The minimum absolute atomic E-state index is 0.0621. The van der Waals surface area contributed by atoms with Gasteiger partial charge in [0.25, 0.3) is 11.5 Å². The average Bonchev–Trinajstić information content (AvgIpc) is 2.86. The van der Waals surface area contributed by atoms with Crippen molar-refractivity contribution >= 4 is 21.3 Å². The highest BCUT2D eigenvalue weighted by molar-refractivity contribution is 7.94. The lowest BCUT2D eigenvalue weighted by atomic mass is 9.94. The molecule has 0 radical (unpaired) electrons. The Labute approximate surface area is 139 Å². The molecular weight excluding hydrogens is 332 g/mol. The van der Waals surface area contributed by atoms with Gasteiger partial charge >= 0.3 is 0 Å². The van der Waals surface area contributed by atoms with Gasteiger partial charge in [-0.05, 0) is 43.0 Å². The van der Waals surface area contributed by atoms with Gasteiger partial charge in [0.2, 0.25) is 0 Å². The van der Waals surface area contributed by atoms with Crippen molar-refractivity contribution in [2.24, 2.45) is 0 Å². The van der Waals surface area contributed by atoms with Crippen molar-refractivity contribution in [2.75, 3.05) is 5.75 Å². The van der Waals surface area contributed by atoms with Gasteiger partial charge in [0.15, 0.2) is 9.84 Å². The van der Waals surface area contributed by atoms with Crippen LogP contribution in [0.1, 0.15) is 35.3 Å². The molecule has 0 bridgehead atoms. The molecule has 128 valence electrons. The summed E-state index contributed by atoms with van der Waals surface area (Å²) in [4.78, 5) is 27.0. The lowest BCUT2D eigenvalue weighted by Crippen LogP contribution is -2.38. The van der Waals surface area contributed by atoms with E-state index in [1.54, 1.807) is 6.07 Å². The van der Waals surface area contributed by atoms with Crippen molar-refractivity contribution < 1.29 is 18.3 Å². The molecule has 0 fully saturated rings. The fourth-order valence-corrected chi connectivity index (χ4v) is 4.05. The van der Waals surface area contributed by atoms with Crippen molar-refractivity contribution in [1.82, 2.24) is 10.3 Å². The average molecular weight is 350 g/mol. The van der Waals surface area contributed by atoms with Crippen LogP contribution in [0.3, 0.4) is 0 Å². The number of rotatable bonds is 3. The molecule has 0 saturated carbocycles. The summed E-state index contributed by atoms with van der Waals surface area (Å²) in [5.41, 5.74) is 0.982. The van der Waals surface area contributed by atoms with Crippen molar-refractivity contribution in [3.05, 3.63) is 51.3 Å². The van der Waals surface area contributed by atoms with Gasteiger partial charge < -0.3 is 15.4 Å². The minimum Gasteiger partial charge on any atom is -0.393 e. The number of hydrogen-bond acceptors (Lipinski definition) is 5. The zero-order chi connectivity index (χ0) is 17.3. The molecule has 1 aromatic rings. The fourth-order valence-electron chi connectivity index (χ4n) is 2.82. The quantitative estimate of drug-likeness (QED) is 0.727. The van der Waals surface area contributed by atoms with Crippen molar-refractivity contribution in [3.63, 3.8) is 0 Å². The number of H-pyrrole nitrogens is 1. The zero-order valence-electron chi connectivity index (χ0n) is 12.9. The highest BCUT2D eigenvalue weighted by Gasteiger charge is 2.24. The molecule has 8 heteroatoms. The molecule has 1 aromatic heterocycles. The van der Waals surface area contributed by atoms with E-state index >= 15 is 0 Å². The maximum atomic E-state index is 12.2. The second-order valence-corrected chi connectivity index (χ2v) is 7.94. The van der Waals surface area contributed by atoms with Crippen LogP contribution in [0, 0.1) is 0 Å². The van der Waals surface area contributed by atoms with Crippen LogP contribution in [0.2, 0.25) is 0 Å². The first kappa shape index (κ1) is 16.7. The van der Waals surface area contributed by atoms with Gasteiger partial charge in [-0.3, -0.25) is 9.59 Å². The van der Waals surface area contributed by atoms with E-state index in [0.717, 1.165) is 11.0 Å². The Morgan fingerprint density at radius 2 is 2.12 bits per heavy atom. The molecule has 0 spiro atoms. The normalized spacial score (nSPS) is 25.3. The molecule has 3 N–H and O–H groups in total. The van der Waals surface area contributed by atoms with Crippen molar-refractivity contribution in [3.8, 4) is 0 Å². The number of carbonyl (C=O) groups is 1. The Kier molecular flexibility index (Phi) is 4.42. The molecule has 7 nitrogen and oxygen atoms in total. The predicted molar refractivity (Wildman–Crippen MR) is 89.1 cm³/mol. The summed E-state index contributed by atoms with van der Waals surface area (Å²) < 4.78 is 22.7. The molecule has 1 aliphatic carbocycles. The molecule has 2 heterocycles. The molecule has 2 aliphatic rings. The van der Waals surface area contributed by atoms with Crippen LogP contribution in [0.25, 0.3) is 5.57 Å². The first-order chi connectivity index (χ1) is 11.3. The van der Waals surface area contributed by atoms with Gasteiger partial charge in [-0.25, -0.2) is 8.42 Å². The molecule has 1 amide bonds. The molecule has 1 unspecified atom stereocenters. The highest BCUT2D eigenvalue weighted by atomic mass is 32.2. The molecule has 1 aliphatic heterocycles. The molecule has 3 rings (SSSR count). The molecule has 0 saturated heterocycles. The number of sulfone groups is 1. The SMILES string of the molecule is O=C(N[C@@H]1C=CS(=O)(=O)C1)c1ccc(C2=CCC(O)CC2)[nH]c1=O. The van der Waals surface area contributed by atoms with E-state index in [-0.39, 0.29) is 17.4 Å². The van der Waals surface area contributed by atoms with E-state index in [2.05, 4.69) is 10.3 Å². The Bertz CT molecular complexity index is 882. The van der Waals surface area contributed by atoms with Gasteiger partial charge in [0.05, 0.1) is 17.9 Å². The molecule has 0 aromatic carbocycles. The van der Waals surface area contributed by atoms with E-state index in [1.807, 2.05) is 6.08 Å². The number of aromatic nitrogens is 1. The number of allylic oxidation sites excluding steroid dienone is 1. The minimum atomic E-state index is -3.27. The van der Waals surface area contributed by atoms with Crippen LogP contribution in [-0.4, -0.2) is 42.3 Å². The summed E-state index contributed by atoms with van der Waals surface area (Å²) in [6, 6.07) is 2.47. The number of aliphatic hydroxyl groups excluding tert-OH is 1. The maximum absolute atomic E-state index is 12.2. The van der Waals surface area contributed by atoms with E-state index < -0.39 is 27.3 Å². The van der Waals surface area contributed by atoms with Crippen molar-refractivity contribution in [2.45, 2.75) is 31.4 Å². The molecule has 2 atom stereocenters. The number of amides is 1. The summed E-state index contributed by atoms with van der Waals surface area (Å²) in [6.45, 7) is 0. The largest absolute Gasteiger partial charge is 0.393 e. The van der Waals surface area contributed by atoms with Crippen LogP contribution >= 0.6 is 0 Å². The second kappa shape index (κ2) is 6.37. The first-order valence-corrected chi connectivity index (χ1v) is 9.38. The summed E-state index contributed by atoms with van der Waals surface area (Å²) in [5, 5.41) is 13.1. The Balaban J connectivity index is 1.74. The smallest absolute Gasteiger partial charge is 0.261 e. The van der Waals surface area contributed by atoms with E-state index in [0.29, 0.717) is 25.0 Å².